The van der Waals surface area contributed by atoms with E-state index >= 15 is 0 Å². The molecular formula is C51H96O8. The van der Waals surface area contributed by atoms with Gasteiger partial charge in [0.25, 0.3) is 0 Å². The van der Waals surface area contributed by atoms with Gasteiger partial charge in [0, 0.05) is 70.6 Å². The first-order valence-electron chi connectivity index (χ1n) is 23.8. The Morgan fingerprint density at radius 1 is 0.356 bits per heavy atom. The molecule has 0 saturated heterocycles. The molecule has 0 rings (SSSR count). The lowest BCUT2D eigenvalue weighted by atomic mass is 10.0. The molecule has 0 radical (unpaired) electrons. The quantitative estimate of drug-likeness (QED) is 0.0450. The largest absolute Gasteiger partial charge is 0.377 e. The summed E-state index contributed by atoms with van der Waals surface area (Å²) in [5, 5.41) is 0. The molecule has 8 nitrogen and oxygen atoms in total. The van der Waals surface area contributed by atoms with Crippen LogP contribution >= 0.6 is 0 Å². The molecule has 0 bridgehead atoms. The van der Waals surface area contributed by atoms with Crippen molar-refractivity contribution in [3.8, 4) is 0 Å². The SMILES string of the molecule is CC(C)CCC(=O)CCC(C)C.CC(C)CCCCC(=O)CCCC(C)C.CC(C)CCCCC(=O)CCOC(CC=O)CCC(=O)CCCC(C)C.O=CCCC=O. The Morgan fingerprint density at radius 3 is 1.02 bits per heavy atom. The first-order valence-corrected chi connectivity index (χ1v) is 23.8. The van der Waals surface area contributed by atoms with Gasteiger partial charge in [0.05, 0.1) is 12.7 Å². The highest BCUT2D eigenvalue weighted by Gasteiger charge is 2.13. The Balaban J connectivity index is -0.000000386. The van der Waals surface area contributed by atoms with Crippen LogP contribution in [0.2, 0.25) is 0 Å². The van der Waals surface area contributed by atoms with Crippen molar-refractivity contribution in [2.75, 3.05) is 6.61 Å². The second kappa shape index (κ2) is 46.7. The summed E-state index contributed by atoms with van der Waals surface area (Å²) in [6, 6.07) is 0. The van der Waals surface area contributed by atoms with Crippen molar-refractivity contribution in [1.82, 2.24) is 0 Å². The predicted molar refractivity (Wildman–Crippen MR) is 248 cm³/mol. The van der Waals surface area contributed by atoms with Crippen molar-refractivity contribution in [3.05, 3.63) is 0 Å². The fourth-order valence-corrected chi connectivity index (χ4v) is 5.74. The molecule has 0 N–H and O–H groups in total. The van der Waals surface area contributed by atoms with Crippen LogP contribution in [0.3, 0.4) is 0 Å². The van der Waals surface area contributed by atoms with E-state index in [0.29, 0.717) is 93.2 Å². The van der Waals surface area contributed by atoms with Crippen LogP contribution in [0.1, 0.15) is 237 Å². The molecule has 0 aromatic heterocycles. The number of hydrogen-bond donors (Lipinski definition) is 0. The van der Waals surface area contributed by atoms with Gasteiger partial charge in [-0.15, -0.1) is 0 Å². The van der Waals surface area contributed by atoms with Crippen LogP contribution in [0.25, 0.3) is 0 Å². The minimum atomic E-state index is -0.240. The molecular weight excluding hydrogens is 741 g/mol. The van der Waals surface area contributed by atoms with Crippen molar-refractivity contribution in [1.29, 1.82) is 0 Å². The number of aldehydes is 3. The Bertz CT molecular complexity index is 989. The molecule has 0 amide bonds. The average molecular weight is 837 g/mol. The lowest BCUT2D eigenvalue weighted by Gasteiger charge is -2.15. The van der Waals surface area contributed by atoms with Gasteiger partial charge >= 0.3 is 0 Å². The van der Waals surface area contributed by atoms with Crippen LogP contribution in [0, 0.1) is 35.5 Å². The highest BCUT2D eigenvalue weighted by Crippen LogP contribution is 2.15. The van der Waals surface area contributed by atoms with Crippen molar-refractivity contribution >= 4 is 42.0 Å². The second-order valence-electron chi connectivity index (χ2n) is 19.0. The van der Waals surface area contributed by atoms with Gasteiger partial charge in [-0.1, -0.05) is 122 Å². The summed E-state index contributed by atoms with van der Waals surface area (Å²) in [5.74, 6) is 5.52. The smallest absolute Gasteiger partial charge is 0.135 e. The van der Waals surface area contributed by atoms with E-state index < -0.39 is 0 Å². The average Bonchev–Trinajstić information content (AvgIpc) is 3.15. The van der Waals surface area contributed by atoms with E-state index in [1.54, 1.807) is 0 Å². The molecule has 0 fully saturated rings. The van der Waals surface area contributed by atoms with Crippen molar-refractivity contribution < 1.29 is 38.3 Å². The van der Waals surface area contributed by atoms with E-state index in [2.05, 4.69) is 83.1 Å². The zero-order valence-electron chi connectivity index (χ0n) is 40.7. The number of hydrogen-bond acceptors (Lipinski definition) is 8. The molecule has 0 aromatic rings. The minimum Gasteiger partial charge on any atom is -0.377 e. The van der Waals surface area contributed by atoms with Gasteiger partial charge in [-0.25, -0.2) is 0 Å². The van der Waals surface area contributed by atoms with Gasteiger partial charge in [0.1, 0.15) is 42.0 Å². The highest BCUT2D eigenvalue weighted by molar-refractivity contribution is 5.79. The van der Waals surface area contributed by atoms with E-state index in [9.17, 15) is 33.6 Å². The standard InChI is InChI=1S/C22H40O4.C14H28O.C11H22O.C4H6O2/c1-18(2)8-5-6-10-21(25)15-17-26-22(14-16-23)13-12-20(24)11-7-9-19(3)4;1-12(2)8-5-6-10-14(15)11-7-9-13(3)4;1-9(2)5-7-11(12)8-6-10(3)4;5-3-1-2-4-6/h16,18-19,22H,5-15,17H2,1-4H3;12-13H,5-11H2,1-4H3;9-10H,5-8H2,1-4H3;3-4H,1-2H2. The molecule has 0 aliphatic heterocycles. The van der Waals surface area contributed by atoms with Gasteiger partial charge in [-0.2, -0.15) is 0 Å². The predicted octanol–water partition coefficient (Wildman–Crippen LogP) is 13.5. The molecule has 1 atom stereocenters. The monoisotopic (exact) mass is 837 g/mol. The van der Waals surface area contributed by atoms with Gasteiger partial charge in [-0.3, -0.25) is 19.2 Å². The van der Waals surface area contributed by atoms with Crippen LogP contribution in [0.15, 0.2) is 0 Å². The molecule has 0 heterocycles. The van der Waals surface area contributed by atoms with Gasteiger partial charge < -0.3 is 19.1 Å². The molecule has 8 heteroatoms. The lowest BCUT2D eigenvalue weighted by molar-refractivity contribution is -0.123. The fraction of sp³-hybridized carbons (Fsp3) is 0.863. The molecule has 59 heavy (non-hydrogen) atoms. The normalized spacial score (nSPS) is 11.4. The molecule has 1 unspecified atom stereocenters. The van der Waals surface area contributed by atoms with Crippen molar-refractivity contribution in [2.24, 2.45) is 35.5 Å². The summed E-state index contributed by atoms with van der Waals surface area (Å²) >= 11 is 0. The maximum atomic E-state index is 11.9. The van der Waals surface area contributed by atoms with E-state index in [1.165, 1.54) is 19.3 Å². The van der Waals surface area contributed by atoms with Crippen LogP contribution < -0.4 is 0 Å². The summed E-state index contributed by atoms with van der Waals surface area (Å²) < 4.78 is 5.69. The molecule has 348 valence electrons. The fourth-order valence-electron chi connectivity index (χ4n) is 5.74. The summed E-state index contributed by atoms with van der Waals surface area (Å²) in [4.78, 5) is 76.1. The third-order valence-electron chi connectivity index (χ3n) is 9.69. The zero-order valence-corrected chi connectivity index (χ0v) is 40.7. The molecule has 0 spiro atoms. The maximum absolute atomic E-state index is 11.9. The van der Waals surface area contributed by atoms with Crippen molar-refractivity contribution in [3.63, 3.8) is 0 Å². The number of ether oxygens (including phenoxy) is 1. The van der Waals surface area contributed by atoms with E-state index in [0.717, 1.165) is 114 Å². The topological polar surface area (TPSA) is 129 Å². The van der Waals surface area contributed by atoms with Gasteiger partial charge in [0.2, 0.25) is 0 Å². The van der Waals surface area contributed by atoms with Crippen molar-refractivity contribution in [2.45, 2.75) is 243 Å². The number of carbonyl (C=O) groups is 7. The highest BCUT2D eigenvalue weighted by atomic mass is 16.5. The molecule has 0 aromatic carbocycles. The van der Waals surface area contributed by atoms with Crippen LogP contribution in [0.4, 0.5) is 0 Å². The number of rotatable bonds is 36. The Morgan fingerprint density at radius 2 is 0.661 bits per heavy atom. The summed E-state index contributed by atoms with van der Waals surface area (Å²) in [6.45, 7) is 26.6. The third-order valence-corrected chi connectivity index (χ3v) is 9.69. The Hall–Kier alpha value is -2.35. The minimum absolute atomic E-state index is 0.225. The maximum Gasteiger partial charge on any atom is 0.135 e. The first-order chi connectivity index (χ1) is 27.8. The zero-order chi connectivity index (χ0) is 45.9. The van der Waals surface area contributed by atoms with E-state index in [-0.39, 0.29) is 17.7 Å². The van der Waals surface area contributed by atoms with E-state index in [4.69, 9.17) is 4.74 Å². The van der Waals surface area contributed by atoms with E-state index in [1.807, 2.05) is 0 Å². The Labute approximate surface area is 364 Å². The Kier molecular flexibility index (Phi) is 50.1. The number of carbonyl (C=O) groups excluding carboxylic acids is 7. The first kappa shape index (κ1) is 63.3. The molecule has 0 aliphatic rings. The summed E-state index contributed by atoms with van der Waals surface area (Å²) in [6.07, 6.45) is 22.1. The van der Waals surface area contributed by atoms with Gasteiger partial charge in [0.15, 0.2) is 0 Å². The number of ketones is 4. The second-order valence-corrected chi connectivity index (χ2v) is 19.0. The van der Waals surface area contributed by atoms with Crippen LogP contribution in [-0.2, 0) is 38.3 Å². The summed E-state index contributed by atoms with van der Waals surface area (Å²) in [7, 11) is 0. The molecule has 0 saturated carbocycles. The molecule has 0 aliphatic carbocycles. The third kappa shape index (κ3) is 62.4. The van der Waals surface area contributed by atoms with Crippen LogP contribution in [0.5, 0.6) is 0 Å². The number of unbranched alkanes of at least 4 members (excludes halogenated alkanes) is 3. The number of Topliss-reactive ketones (excluding diaryl/α,β-unsaturated/α-hetero) is 4. The van der Waals surface area contributed by atoms with Crippen LogP contribution in [-0.4, -0.2) is 54.7 Å². The van der Waals surface area contributed by atoms with Gasteiger partial charge in [-0.05, 0) is 80.5 Å². The lowest BCUT2D eigenvalue weighted by Crippen LogP contribution is -2.18. The summed E-state index contributed by atoms with van der Waals surface area (Å²) in [5.41, 5.74) is 0.